The highest BCUT2D eigenvalue weighted by Crippen LogP contribution is 2.46. The van der Waals surface area contributed by atoms with Crippen molar-refractivity contribution in [3.8, 4) is 0 Å². The summed E-state index contributed by atoms with van der Waals surface area (Å²) < 4.78 is 20.3. The van der Waals surface area contributed by atoms with Crippen LogP contribution in [-0.2, 0) is 13.9 Å². The molecule has 2 aromatic carbocycles. The Morgan fingerprint density at radius 2 is 1.66 bits per heavy atom. The van der Waals surface area contributed by atoms with E-state index in [-0.39, 0.29) is 18.3 Å². The van der Waals surface area contributed by atoms with Crippen molar-refractivity contribution in [2.75, 3.05) is 13.2 Å². The Morgan fingerprint density at radius 1 is 1.06 bits per heavy atom. The first-order valence-electron chi connectivity index (χ1n) is 11.7. The van der Waals surface area contributed by atoms with E-state index in [1.807, 2.05) is 36.4 Å². The molecule has 0 unspecified atom stereocenters. The number of aliphatic hydroxyl groups excluding tert-OH is 1. The molecule has 3 aromatic rings. The lowest BCUT2D eigenvalue weighted by atomic mass is 9.91. The van der Waals surface area contributed by atoms with Gasteiger partial charge in [0, 0.05) is 12.3 Å². The number of hydrogen-bond acceptors (Lipinski definition) is 6. The molecule has 1 aromatic heterocycles. The molecule has 2 fully saturated rings. The molecule has 8 nitrogen and oxygen atoms in total. The van der Waals surface area contributed by atoms with E-state index >= 15 is 0 Å². The molecule has 0 amide bonds. The lowest BCUT2D eigenvalue weighted by Crippen LogP contribution is -2.70. The van der Waals surface area contributed by atoms with Gasteiger partial charge in [-0.15, -0.1) is 0 Å². The summed E-state index contributed by atoms with van der Waals surface area (Å²) in [7, 11) is -2.83. The van der Waals surface area contributed by atoms with Crippen LogP contribution in [0.1, 0.15) is 27.0 Å². The number of aromatic amines is 1. The van der Waals surface area contributed by atoms with Gasteiger partial charge in [0.1, 0.15) is 17.8 Å². The van der Waals surface area contributed by atoms with Gasteiger partial charge in [-0.1, -0.05) is 81.4 Å². The van der Waals surface area contributed by atoms with Crippen LogP contribution in [0.5, 0.6) is 0 Å². The van der Waals surface area contributed by atoms with Crippen LogP contribution in [0, 0.1) is 0 Å². The Kier molecular flexibility index (Phi) is 5.93. The average molecular weight is 495 g/mol. The van der Waals surface area contributed by atoms with E-state index in [1.165, 1.54) is 16.8 Å². The Morgan fingerprint density at radius 3 is 2.14 bits per heavy atom. The van der Waals surface area contributed by atoms with E-state index in [1.54, 1.807) is 0 Å². The van der Waals surface area contributed by atoms with Gasteiger partial charge in [0.05, 0.1) is 13.2 Å². The second kappa shape index (κ2) is 8.68. The highest BCUT2D eigenvalue weighted by Gasteiger charge is 2.64. The highest BCUT2D eigenvalue weighted by molar-refractivity contribution is 6.99. The summed E-state index contributed by atoms with van der Waals surface area (Å²) in [4.78, 5) is 26.1. The fraction of sp³-hybridized carbons (Fsp3) is 0.385. The van der Waals surface area contributed by atoms with E-state index < -0.39 is 43.6 Å². The molecule has 2 aliphatic rings. The molecule has 0 aliphatic carbocycles. The van der Waals surface area contributed by atoms with E-state index in [0.29, 0.717) is 0 Å². The van der Waals surface area contributed by atoms with Crippen molar-refractivity contribution in [1.29, 1.82) is 0 Å². The third-order valence-electron chi connectivity index (χ3n) is 7.06. The van der Waals surface area contributed by atoms with E-state index in [0.717, 1.165) is 10.4 Å². The van der Waals surface area contributed by atoms with Crippen molar-refractivity contribution in [2.24, 2.45) is 0 Å². The summed E-state index contributed by atoms with van der Waals surface area (Å²) >= 11 is 0. The van der Waals surface area contributed by atoms with Crippen LogP contribution < -0.4 is 21.6 Å². The molecule has 4 atom stereocenters. The SMILES string of the molecule is CC(C)(C)[Si](OC[C@]12CO[C@H]1[C@@H](O)[C@H](n1ccc(=O)[nH]c1=O)O2)(c1ccccc1)c1ccccc1. The largest absolute Gasteiger partial charge is 0.404 e. The van der Waals surface area contributed by atoms with Crippen LogP contribution in [0.4, 0.5) is 0 Å². The number of rotatable bonds is 6. The summed E-state index contributed by atoms with van der Waals surface area (Å²) in [5.74, 6) is 0. The van der Waals surface area contributed by atoms with Crippen LogP contribution in [0.2, 0.25) is 5.04 Å². The van der Waals surface area contributed by atoms with Gasteiger partial charge in [0.2, 0.25) is 0 Å². The van der Waals surface area contributed by atoms with Crippen molar-refractivity contribution in [3.05, 3.63) is 93.8 Å². The summed E-state index contributed by atoms with van der Waals surface area (Å²) in [6, 6.07) is 21.8. The third kappa shape index (κ3) is 3.84. The van der Waals surface area contributed by atoms with Crippen LogP contribution in [0.3, 0.4) is 0 Å². The minimum Gasteiger partial charge on any atom is -0.404 e. The Hall–Kier alpha value is -2.82. The molecule has 184 valence electrons. The van der Waals surface area contributed by atoms with Crippen LogP contribution >= 0.6 is 0 Å². The maximum Gasteiger partial charge on any atom is 0.330 e. The van der Waals surface area contributed by atoms with E-state index in [2.05, 4.69) is 50.0 Å². The molecule has 2 N–H and O–H groups in total. The average Bonchev–Trinajstić information content (AvgIpc) is 3.00. The molecule has 2 saturated heterocycles. The zero-order valence-electron chi connectivity index (χ0n) is 20.0. The maximum atomic E-state index is 12.4. The number of H-pyrrole nitrogens is 1. The fourth-order valence-corrected chi connectivity index (χ4v) is 9.95. The molecule has 0 spiro atoms. The number of nitrogens with zero attached hydrogens (tertiary/aromatic N) is 1. The van der Waals surface area contributed by atoms with Gasteiger partial charge in [-0.05, 0) is 15.4 Å². The normalized spacial score (nSPS) is 26.2. The minimum atomic E-state index is -2.83. The molecule has 3 heterocycles. The van der Waals surface area contributed by atoms with E-state index in [9.17, 15) is 14.7 Å². The van der Waals surface area contributed by atoms with Gasteiger partial charge in [0.25, 0.3) is 13.9 Å². The lowest BCUT2D eigenvalue weighted by Gasteiger charge is -2.48. The molecule has 5 rings (SSSR count). The van der Waals surface area contributed by atoms with Crippen LogP contribution in [0.25, 0.3) is 0 Å². The smallest absolute Gasteiger partial charge is 0.330 e. The van der Waals surface area contributed by atoms with Gasteiger partial charge in [-0.2, -0.15) is 0 Å². The molecular formula is C26H30N2O6Si. The zero-order chi connectivity index (χ0) is 24.8. The second-order valence-corrected chi connectivity index (χ2v) is 14.6. The molecular weight excluding hydrogens is 464 g/mol. The van der Waals surface area contributed by atoms with Crippen LogP contribution in [0.15, 0.2) is 82.5 Å². The molecule has 2 aliphatic heterocycles. The molecule has 0 bridgehead atoms. The van der Waals surface area contributed by atoms with Crippen molar-refractivity contribution in [3.63, 3.8) is 0 Å². The van der Waals surface area contributed by atoms with Gasteiger partial charge in [-0.25, -0.2) is 4.79 Å². The Balaban J connectivity index is 1.52. The predicted molar refractivity (Wildman–Crippen MR) is 133 cm³/mol. The molecule has 9 heteroatoms. The molecule has 0 radical (unpaired) electrons. The molecule has 0 saturated carbocycles. The lowest BCUT2D eigenvalue weighted by molar-refractivity contribution is -0.244. The molecule has 35 heavy (non-hydrogen) atoms. The second-order valence-electron chi connectivity index (χ2n) is 10.3. The maximum absolute atomic E-state index is 12.4. The summed E-state index contributed by atoms with van der Waals surface area (Å²) in [5, 5.41) is 13.0. The van der Waals surface area contributed by atoms with Gasteiger partial charge < -0.3 is 19.0 Å². The standard InChI is InChI=1S/C26H30N2O6Si/c1-25(2,3)35(18-10-6-4-7-11-18,19-12-8-5-9-13-19)33-17-26-16-32-22(26)21(30)23(34-26)28-15-14-20(29)27-24(28)31/h4-15,21-23,30H,16-17H2,1-3H3,(H,27,29,31)/t21-,22+,23-,26-/m1/s1. The van der Waals surface area contributed by atoms with Gasteiger partial charge in [0.15, 0.2) is 6.23 Å². The highest BCUT2D eigenvalue weighted by atomic mass is 28.4. The number of fused-ring (bicyclic) bond motifs is 1. The Labute approximate surface area is 204 Å². The monoisotopic (exact) mass is 494 g/mol. The number of benzene rings is 2. The van der Waals surface area contributed by atoms with E-state index in [4.69, 9.17) is 13.9 Å². The number of aromatic nitrogens is 2. The fourth-order valence-electron chi connectivity index (χ4n) is 5.33. The first-order chi connectivity index (χ1) is 16.7. The predicted octanol–water partition coefficient (Wildman–Crippen LogP) is 1.14. The first kappa shape index (κ1) is 23.9. The van der Waals surface area contributed by atoms with Gasteiger partial charge >= 0.3 is 5.69 Å². The third-order valence-corrected chi connectivity index (χ3v) is 12.0. The summed E-state index contributed by atoms with van der Waals surface area (Å²) in [6.45, 7) is 7.01. The quantitative estimate of drug-likeness (QED) is 0.499. The van der Waals surface area contributed by atoms with Crippen molar-refractivity contribution >= 4 is 18.7 Å². The van der Waals surface area contributed by atoms with Crippen LogP contribution in [-0.4, -0.2) is 54.0 Å². The van der Waals surface area contributed by atoms with Crippen molar-refractivity contribution in [2.45, 2.75) is 49.8 Å². The van der Waals surface area contributed by atoms with Crippen molar-refractivity contribution < 1.29 is 19.0 Å². The van der Waals surface area contributed by atoms with Gasteiger partial charge in [-0.3, -0.25) is 14.3 Å². The number of hydrogen-bond donors (Lipinski definition) is 2. The Bertz CT molecular complexity index is 1260. The summed E-state index contributed by atoms with van der Waals surface area (Å²) in [5.41, 5.74) is -2.07. The number of ether oxygens (including phenoxy) is 2. The van der Waals surface area contributed by atoms with Crippen molar-refractivity contribution in [1.82, 2.24) is 9.55 Å². The zero-order valence-corrected chi connectivity index (χ0v) is 21.0. The number of nitrogens with one attached hydrogen (secondary N) is 1. The first-order valence-corrected chi connectivity index (χ1v) is 13.6. The topological polar surface area (TPSA) is 103 Å². The number of aliphatic hydroxyl groups is 1. The minimum absolute atomic E-state index is 0.191. The summed E-state index contributed by atoms with van der Waals surface area (Å²) in [6.07, 6.45) is -1.40.